The van der Waals surface area contributed by atoms with Gasteiger partial charge in [0.25, 0.3) is 0 Å². The standard InChI is InChI=1S/C11H9ClN2O2/c12-9-6-13-11(14-7-9)16-8-15-10-4-2-1-3-5-10/h1-7H,8H2. The molecule has 0 aliphatic rings. The molecule has 0 atom stereocenters. The second-order valence-electron chi connectivity index (χ2n) is 2.90. The van der Waals surface area contributed by atoms with Crippen LogP contribution in [0.25, 0.3) is 0 Å². The first-order valence-electron chi connectivity index (χ1n) is 4.63. The van der Waals surface area contributed by atoms with Crippen molar-refractivity contribution in [3.05, 3.63) is 47.7 Å². The Balaban J connectivity index is 1.82. The van der Waals surface area contributed by atoms with Crippen molar-refractivity contribution in [3.63, 3.8) is 0 Å². The summed E-state index contributed by atoms with van der Waals surface area (Å²) in [5, 5.41) is 0.469. The molecule has 2 rings (SSSR count). The van der Waals surface area contributed by atoms with E-state index < -0.39 is 0 Å². The largest absolute Gasteiger partial charge is 0.457 e. The zero-order valence-electron chi connectivity index (χ0n) is 8.34. The molecule has 0 radical (unpaired) electrons. The average Bonchev–Trinajstić information content (AvgIpc) is 2.33. The Bertz CT molecular complexity index is 433. The van der Waals surface area contributed by atoms with Gasteiger partial charge in [0.1, 0.15) is 5.75 Å². The fourth-order valence-corrected chi connectivity index (χ4v) is 1.14. The number of rotatable bonds is 4. The van der Waals surface area contributed by atoms with Crippen LogP contribution in [-0.4, -0.2) is 16.8 Å². The summed E-state index contributed by atoms with van der Waals surface area (Å²) in [6, 6.07) is 9.59. The second kappa shape index (κ2) is 5.32. The van der Waals surface area contributed by atoms with Gasteiger partial charge in [-0.1, -0.05) is 29.8 Å². The third kappa shape index (κ3) is 3.10. The van der Waals surface area contributed by atoms with E-state index in [9.17, 15) is 0 Å². The van der Waals surface area contributed by atoms with Gasteiger partial charge in [-0.25, -0.2) is 9.97 Å². The highest BCUT2D eigenvalue weighted by molar-refractivity contribution is 6.30. The number of halogens is 1. The van der Waals surface area contributed by atoms with Crippen LogP contribution in [0.4, 0.5) is 0 Å². The molecule has 82 valence electrons. The van der Waals surface area contributed by atoms with E-state index in [1.165, 1.54) is 12.4 Å². The molecule has 0 fully saturated rings. The predicted molar refractivity (Wildman–Crippen MR) is 59.6 cm³/mol. The Morgan fingerprint density at radius 3 is 2.38 bits per heavy atom. The summed E-state index contributed by atoms with van der Waals surface area (Å²) in [6.07, 6.45) is 2.93. The lowest BCUT2D eigenvalue weighted by Gasteiger charge is -2.06. The highest BCUT2D eigenvalue weighted by Gasteiger charge is 1.97. The molecular weight excluding hydrogens is 228 g/mol. The summed E-state index contributed by atoms with van der Waals surface area (Å²) in [7, 11) is 0. The molecule has 0 bridgehead atoms. The van der Waals surface area contributed by atoms with Crippen LogP contribution in [-0.2, 0) is 0 Å². The third-order valence-corrected chi connectivity index (χ3v) is 1.95. The molecule has 0 spiro atoms. The molecule has 4 nitrogen and oxygen atoms in total. The van der Waals surface area contributed by atoms with Gasteiger partial charge in [0.05, 0.1) is 17.4 Å². The second-order valence-corrected chi connectivity index (χ2v) is 3.34. The van der Waals surface area contributed by atoms with Crippen LogP contribution >= 0.6 is 11.6 Å². The van der Waals surface area contributed by atoms with E-state index in [0.717, 1.165) is 5.75 Å². The SMILES string of the molecule is Clc1cnc(OCOc2ccccc2)nc1. The van der Waals surface area contributed by atoms with Crippen LogP contribution in [0.15, 0.2) is 42.7 Å². The zero-order valence-corrected chi connectivity index (χ0v) is 9.09. The van der Waals surface area contributed by atoms with Crippen LogP contribution in [0.5, 0.6) is 11.8 Å². The molecule has 0 saturated heterocycles. The molecule has 0 N–H and O–H groups in total. The van der Waals surface area contributed by atoms with Gasteiger partial charge in [0.15, 0.2) is 0 Å². The van der Waals surface area contributed by atoms with Gasteiger partial charge in [0, 0.05) is 0 Å². The van der Waals surface area contributed by atoms with Crippen molar-refractivity contribution in [3.8, 4) is 11.8 Å². The fraction of sp³-hybridized carbons (Fsp3) is 0.0909. The maximum Gasteiger partial charge on any atom is 0.319 e. The minimum atomic E-state index is 0.0612. The van der Waals surface area contributed by atoms with E-state index in [1.54, 1.807) is 0 Å². The summed E-state index contributed by atoms with van der Waals surface area (Å²) in [4.78, 5) is 7.73. The van der Waals surface area contributed by atoms with Crippen LogP contribution in [0, 0.1) is 0 Å². The number of nitrogens with zero attached hydrogens (tertiary/aromatic N) is 2. The normalized spacial score (nSPS) is 9.81. The Hall–Kier alpha value is -1.81. The van der Waals surface area contributed by atoms with Gasteiger partial charge in [-0.3, -0.25) is 0 Å². The summed E-state index contributed by atoms with van der Waals surface area (Å²) >= 11 is 5.63. The van der Waals surface area contributed by atoms with Crippen LogP contribution < -0.4 is 9.47 Å². The minimum absolute atomic E-state index is 0.0612. The Morgan fingerprint density at radius 2 is 1.69 bits per heavy atom. The maximum absolute atomic E-state index is 5.63. The number of hydrogen-bond donors (Lipinski definition) is 0. The number of benzene rings is 1. The van der Waals surface area contributed by atoms with E-state index >= 15 is 0 Å². The summed E-state index contributed by atoms with van der Waals surface area (Å²) in [5.74, 6) is 0.733. The van der Waals surface area contributed by atoms with Crippen LogP contribution in [0.3, 0.4) is 0 Å². The molecule has 0 aliphatic heterocycles. The molecular formula is C11H9ClN2O2. The molecule has 16 heavy (non-hydrogen) atoms. The predicted octanol–water partition coefficient (Wildman–Crippen LogP) is 2.55. The van der Waals surface area contributed by atoms with E-state index in [0.29, 0.717) is 5.02 Å². The van der Waals surface area contributed by atoms with Gasteiger partial charge < -0.3 is 9.47 Å². The fourth-order valence-electron chi connectivity index (χ4n) is 1.04. The van der Waals surface area contributed by atoms with E-state index in [-0.39, 0.29) is 12.8 Å². The maximum atomic E-state index is 5.63. The van der Waals surface area contributed by atoms with Gasteiger partial charge >= 0.3 is 6.01 Å². The van der Waals surface area contributed by atoms with Crippen molar-refractivity contribution >= 4 is 11.6 Å². The Labute approximate surface area is 97.8 Å². The lowest BCUT2D eigenvalue weighted by molar-refractivity contribution is 0.110. The van der Waals surface area contributed by atoms with Crippen molar-refractivity contribution in [1.29, 1.82) is 0 Å². The molecule has 0 amide bonds. The average molecular weight is 237 g/mol. The smallest absolute Gasteiger partial charge is 0.319 e. The molecule has 5 heteroatoms. The third-order valence-electron chi connectivity index (χ3n) is 1.75. The van der Waals surface area contributed by atoms with Crippen molar-refractivity contribution in [2.45, 2.75) is 0 Å². The molecule has 0 aliphatic carbocycles. The molecule has 0 saturated carbocycles. The zero-order chi connectivity index (χ0) is 11.2. The lowest BCUT2D eigenvalue weighted by Crippen LogP contribution is -2.07. The molecule has 0 unspecified atom stereocenters. The lowest BCUT2D eigenvalue weighted by atomic mass is 10.3. The monoisotopic (exact) mass is 236 g/mol. The highest BCUT2D eigenvalue weighted by Crippen LogP contribution is 2.10. The highest BCUT2D eigenvalue weighted by atomic mass is 35.5. The number of hydrogen-bond acceptors (Lipinski definition) is 4. The first-order valence-corrected chi connectivity index (χ1v) is 5.00. The van der Waals surface area contributed by atoms with Crippen molar-refractivity contribution in [1.82, 2.24) is 9.97 Å². The summed E-state index contributed by atoms with van der Waals surface area (Å²) in [5.41, 5.74) is 0. The number of para-hydroxylation sites is 1. The molecule has 2 aromatic rings. The topological polar surface area (TPSA) is 44.2 Å². The first-order chi connectivity index (χ1) is 7.84. The van der Waals surface area contributed by atoms with Crippen molar-refractivity contribution in [2.75, 3.05) is 6.79 Å². The first kappa shape index (κ1) is 10.7. The summed E-state index contributed by atoms with van der Waals surface area (Å²) < 4.78 is 10.5. The van der Waals surface area contributed by atoms with E-state index in [4.69, 9.17) is 21.1 Å². The van der Waals surface area contributed by atoms with Crippen LogP contribution in [0.1, 0.15) is 0 Å². The summed E-state index contributed by atoms with van der Waals surface area (Å²) in [6.45, 7) is 0.0612. The minimum Gasteiger partial charge on any atom is -0.457 e. The van der Waals surface area contributed by atoms with Gasteiger partial charge in [-0.15, -0.1) is 0 Å². The van der Waals surface area contributed by atoms with Gasteiger partial charge in [0.2, 0.25) is 6.79 Å². The van der Waals surface area contributed by atoms with E-state index in [1.807, 2.05) is 30.3 Å². The molecule has 1 aromatic heterocycles. The Kier molecular flexibility index (Phi) is 3.56. The van der Waals surface area contributed by atoms with Crippen molar-refractivity contribution < 1.29 is 9.47 Å². The molecule has 1 aromatic carbocycles. The van der Waals surface area contributed by atoms with Crippen molar-refractivity contribution in [2.24, 2.45) is 0 Å². The number of aromatic nitrogens is 2. The number of ether oxygens (including phenoxy) is 2. The van der Waals surface area contributed by atoms with Gasteiger partial charge in [-0.05, 0) is 12.1 Å². The Morgan fingerprint density at radius 1 is 1.00 bits per heavy atom. The van der Waals surface area contributed by atoms with Gasteiger partial charge in [-0.2, -0.15) is 0 Å². The van der Waals surface area contributed by atoms with E-state index in [2.05, 4.69) is 9.97 Å². The van der Waals surface area contributed by atoms with Crippen LogP contribution in [0.2, 0.25) is 5.02 Å². The molecule has 1 heterocycles. The quantitative estimate of drug-likeness (QED) is 0.766.